The summed E-state index contributed by atoms with van der Waals surface area (Å²) in [6.07, 6.45) is 1.64. The summed E-state index contributed by atoms with van der Waals surface area (Å²) in [6.45, 7) is -0.0220. The number of hydrogen-bond acceptors (Lipinski definition) is 4. The summed E-state index contributed by atoms with van der Waals surface area (Å²) in [5.74, 6) is -0.203. The standard InChI is InChI=1S/C12H12N2O3S/c15-6-12(3-4-12)14-10(16)7-1-2-8-9(5-7)17-11(18)13-8/h1-2,5,15H,3-4,6H2,(H,13,18)(H,14,16). The van der Waals surface area contributed by atoms with E-state index in [0.29, 0.717) is 11.1 Å². The number of benzene rings is 1. The molecule has 0 spiro atoms. The van der Waals surface area contributed by atoms with Gasteiger partial charge in [-0.25, -0.2) is 0 Å². The summed E-state index contributed by atoms with van der Waals surface area (Å²) in [5, 5.41) is 12.0. The van der Waals surface area contributed by atoms with E-state index in [-0.39, 0.29) is 17.4 Å². The Morgan fingerprint density at radius 2 is 2.33 bits per heavy atom. The lowest BCUT2D eigenvalue weighted by Gasteiger charge is -2.13. The van der Waals surface area contributed by atoms with E-state index >= 15 is 0 Å². The van der Waals surface area contributed by atoms with Crippen LogP contribution in [-0.4, -0.2) is 28.1 Å². The third-order valence-corrected chi connectivity index (χ3v) is 3.40. The van der Waals surface area contributed by atoms with Crippen molar-refractivity contribution in [2.75, 3.05) is 6.61 Å². The number of H-pyrrole nitrogens is 1. The smallest absolute Gasteiger partial charge is 0.266 e. The monoisotopic (exact) mass is 264 g/mol. The van der Waals surface area contributed by atoms with E-state index < -0.39 is 5.54 Å². The molecule has 2 aromatic rings. The zero-order valence-corrected chi connectivity index (χ0v) is 10.3. The fraction of sp³-hybridized carbons (Fsp3) is 0.333. The molecule has 1 aromatic carbocycles. The third-order valence-electron chi connectivity index (χ3n) is 3.22. The van der Waals surface area contributed by atoms with Crippen LogP contribution >= 0.6 is 12.2 Å². The highest BCUT2D eigenvalue weighted by atomic mass is 32.1. The Balaban J connectivity index is 1.89. The molecule has 0 unspecified atom stereocenters. The van der Waals surface area contributed by atoms with E-state index in [1.54, 1.807) is 18.2 Å². The lowest BCUT2D eigenvalue weighted by atomic mass is 10.1. The average molecular weight is 264 g/mol. The van der Waals surface area contributed by atoms with E-state index in [9.17, 15) is 9.90 Å². The molecule has 1 saturated carbocycles. The first-order valence-electron chi connectivity index (χ1n) is 5.68. The Labute approximate surface area is 108 Å². The maximum absolute atomic E-state index is 12.0. The first kappa shape index (κ1) is 11.4. The van der Waals surface area contributed by atoms with Crippen molar-refractivity contribution in [2.24, 2.45) is 0 Å². The number of aromatic nitrogens is 1. The molecule has 0 saturated heterocycles. The number of fused-ring (bicyclic) bond motifs is 1. The van der Waals surface area contributed by atoms with Crippen molar-refractivity contribution in [3.8, 4) is 0 Å². The van der Waals surface area contributed by atoms with Crippen LogP contribution in [0.25, 0.3) is 11.1 Å². The lowest BCUT2D eigenvalue weighted by Crippen LogP contribution is -2.39. The van der Waals surface area contributed by atoms with Crippen LogP contribution in [0.1, 0.15) is 23.2 Å². The molecule has 18 heavy (non-hydrogen) atoms. The van der Waals surface area contributed by atoms with E-state index in [1.165, 1.54) is 0 Å². The van der Waals surface area contributed by atoms with Gasteiger partial charge in [-0.15, -0.1) is 0 Å². The highest BCUT2D eigenvalue weighted by molar-refractivity contribution is 7.71. The number of nitrogens with one attached hydrogen (secondary N) is 2. The predicted octanol–water partition coefficient (Wildman–Crippen LogP) is 1.75. The summed E-state index contributed by atoms with van der Waals surface area (Å²) < 4.78 is 5.26. The number of hydrogen-bond donors (Lipinski definition) is 3. The van der Waals surface area contributed by atoms with Gasteiger partial charge in [0.25, 0.3) is 10.7 Å². The highest BCUT2D eigenvalue weighted by Crippen LogP contribution is 2.34. The summed E-state index contributed by atoms with van der Waals surface area (Å²) in [7, 11) is 0. The lowest BCUT2D eigenvalue weighted by molar-refractivity contribution is 0.0907. The first-order chi connectivity index (χ1) is 8.62. The van der Waals surface area contributed by atoms with Crippen LogP contribution in [0.4, 0.5) is 0 Å². The predicted molar refractivity (Wildman–Crippen MR) is 67.9 cm³/mol. The average Bonchev–Trinajstić information content (AvgIpc) is 3.01. The minimum absolute atomic E-state index is 0.0220. The van der Waals surface area contributed by atoms with Crippen LogP contribution in [0.3, 0.4) is 0 Å². The number of amides is 1. The highest BCUT2D eigenvalue weighted by Gasteiger charge is 2.43. The van der Waals surface area contributed by atoms with Crippen LogP contribution in [0.5, 0.6) is 0 Å². The van der Waals surface area contributed by atoms with Gasteiger partial charge >= 0.3 is 0 Å². The molecule has 1 fully saturated rings. The van der Waals surface area contributed by atoms with E-state index in [1.807, 2.05) is 0 Å². The van der Waals surface area contributed by atoms with Gasteiger partial charge in [-0.1, -0.05) is 0 Å². The molecule has 3 N–H and O–H groups in total. The number of carbonyl (C=O) groups is 1. The van der Waals surface area contributed by atoms with Crippen molar-refractivity contribution >= 4 is 29.2 Å². The van der Waals surface area contributed by atoms with Gasteiger partial charge in [-0.3, -0.25) is 4.79 Å². The molecule has 94 valence electrons. The molecule has 1 heterocycles. The molecule has 1 aliphatic rings. The second kappa shape index (κ2) is 3.93. The zero-order chi connectivity index (χ0) is 12.8. The van der Waals surface area contributed by atoms with E-state index in [2.05, 4.69) is 10.3 Å². The fourth-order valence-electron chi connectivity index (χ4n) is 1.87. The van der Waals surface area contributed by atoms with Gasteiger partial charge in [-0.2, -0.15) is 0 Å². The van der Waals surface area contributed by atoms with Crippen molar-refractivity contribution in [3.05, 3.63) is 28.6 Å². The zero-order valence-electron chi connectivity index (χ0n) is 9.53. The minimum Gasteiger partial charge on any atom is -0.429 e. The molecule has 1 aromatic heterocycles. The fourth-order valence-corrected chi connectivity index (χ4v) is 2.07. The summed E-state index contributed by atoms with van der Waals surface area (Å²) in [4.78, 5) is 15.2. The molecule has 0 atom stereocenters. The van der Waals surface area contributed by atoms with Gasteiger partial charge in [0.1, 0.15) is 0 Å². The number of aromatic amines is 1. The first-order valence-corrected chi connectivity index (χ1v) is 6.09. The second-order valence-corrected chi connectivity index (χ2v) is 4.99. The maximum atomic E-state index is 12.0. The summed E-state index contributed by atoms with van der Waals surface area (Å²) >= 11 is 4.88. The van der Waals surface area contributed by atoms with Gasteiger partial charge < -0.3 is 19.8 Å². The third kappa shape index (κ3) is 1.93. The number of aliphatic hydroxyl groups excluding tert-OH is 1. The molecular weight excluding hydrogens is 252 g/mol. The van der Waals surface area contributed by atoms with E-state index in [0.717, 1.165) is 18.4 Å². The Morgan fingerprint density at radius 1 is 1.56 bits per heavy atom. The molecule has 0 aliphatic heterocycles. The van der Waals surface area contributed by atoms with Gasteiger partial charge in [-0.05, 0) is 43.3 Å². The quantitative estimate of drug-likeness (QED) is 0.738. The number of aliphatic hydroxyl groups is 1. The molecule has 0 radical (unpaired) electrons. The maximum Gasteiger partial charge on any atom is 0.266 e. The topological polar surface area (TPSA) is 78.3 Å². The molecular formula is C12H12N2O3S. The summed E-state index contributed by atoms with van der Waals surface area (Å²) in [5.41, 5.74) is 1.41. The Morgan fingerprint density at radius 3 is 3.00 bits per heavy atom. The van der Waals surface area contributed by atoms with Gasteiger partial charge in [0.15, 0.2) is 5.58 Å². The molecule has 1 amide bonds. The second-order valence-electron chi connectivity index (χ2n) is 4.62. The van der Waals surface area contributed by atoms with Gasteiger partial charge in [0.2, 0.25) is 0 Å². The van der Waals surface area contributed by atoms with Crippen LogP contribution < -0.4 is 5.32 Å². The summed E-state index contributed by atoms with van der Waals surface area (Å²) in [6, 6.07) is 5.10. The SMILES string of the molecule is O=C(NC1(CO)CC1)c1ccc2[nH]c(=S)oc2c1. The van der Waals surface area contributed by atoms with Crippen molar-refractivity contribution in [1.82, 2.24) is 10.3 Å². The van der Waals surface area contributed by atoms with Crippen LogP contribution in [-0.2, 0) is 0 Å². The molecule has 1 aliphatic carbocycles. The van der Waals surface area contributed by atoms with E-state index in [4.69, 9.17) is 16.6 Å². The number of carbonyl (C=O) groups excluding carboxylic acids is 1. The minimum atomic E-state index is -0.412. The van der Waals surface area contributed by atoms with Gasteiger partial charge in [0.05, 0.1) is 17.7 Å². The molecule has 3 rings (SSSR count). The Bertz CT molecular complexity index is 669. The van der Waals surface area contributed by atoms with Crippen LogP contribution in [0.2, 0.25) is 0 Å². The van der Waals surface area contributed by atoms with Crippen LogP contribution in [0, 0.1) is 4.84 Å². The largest absolute Gasteiger partial charge is 0.429 e. The van der Waals surface area contributed by atoms with Crippen molar-refractivity contribution < 1.29 is 14.3 Å². The Kier molecular flexibility index (Phi) is 2.49. The molecule has 5 nitrogen and oxygen atoms in total. The van der Waals surface area contributed by atoms with Crippen LogP contribution in [0.15, 0.2) is 22.6 Å². The molecule has 0 bridgehead atoms. The molecule has 6 heteroatoms. The Hall–Kier alpha value is -1.66. The number of oxazole rings is 1. The van der Waals surface area contributed by atoms with Crippen molar-refractivity contribution in [2.45, 2.75) is 18.4 Å². The van der Waals surface area contributed by atoms with Gasteiger partial charge in [0, 0.05) is 5.56 Å². The van der Waals surface area contributed by atoms with Crippen molar-refractivity contribution in [1.29, 1.82) is 0 Å². The number of rotatable bonds is 3. The van der Waals surface area contributed by atoms with Crippen molar-refractivity contribution in [3.63, 3.8) is 0 Å². The normalized spacial score (nSPS) is 16.7.